The molecule has 1 aromatic heterocycles. The zero-order valence-electron chi connectivity index (χ0n) is 11.3. The average molecular weight is 338 g/mol. The van der Waals surface area contributed by atoms with Gasteiger partial charge in [0.25, 0.3) is 0 Å². The van der Waals surface area contributed by atoms with E-state index in [2.05, 4.69) is 20.9 Å². The van der Waals surface area contributed by atoms with Gasteiger partial charge in [-0.2, -0.15) is 0 Å². The molecule has 2 aromatic rings. The summed E-state index contributed by atoms with van der Waals surface area (Å²) < 4.78 is 11.7. The summed E-state index contributed by atoms with van der Waals surface area (Å²) in [5, 5.41) is 9.69. The SMILES string of the molecule is CC[C@H](O)c1ccc(Oc2ccc(OC)cc2Br)cn1. The number of ether oxygens (including phenoxy) is 2. The first kappa shape index (κ1) is 14.8. The van der Waals surface area contributed by atoms with Crippen molar-refractivity contribution in [2.45, 2.75) is 19.4 Å². The smallest absolute Gasteiger partial charge is 0.145 e. The predicted octanol–water partition coefficient (Wildman–Crippen LogP) is 4.09. The van der Waals surface area contributed by atoms with Gasteiger partial charge in [-0.1, -0.05) is 6.92 Å². The lowest BCUT2D eigenvalue weighted by Crippen LogP contribution is -1.98. The molecule has 0 unspecified atom stereocenters. The van der Waals surface area contributed by atoms with Gasteiger partial charge in [0.05, 0.1) is 29.6 Å². The zero-order chi connectivity index (χ0) is 14.5. The van der Waals surface area contributed by atoms with Crippen molar-refractivity contribution < 1.29 is 14.6 Å². The van der Waals surface area contributed by atoms with Crippen LogP contribution in [0.1, 0.15) is 25.1 Å². The molecule has 0 aliphatic carbocycles. The highest BCUT2D eigenvalue weighted by atomic mass is 79.9. The summed E-state index contributed by atoms with van der Waals surface area (Å²) in [7, 11) is 1.62. The maximum atomic E-state index is 9.69. The van der Waals surface area contributed by atoms with Crippen molar-refractivity contribution in [2.24, 2.45) is 0 Å². The molecule has 0 amide bonds. The molecule has 5 heteroatoms. The topological polar surface area (TPSA) is 51.6 Å². The van der Waals surface area contributed by atoms with Gasteiger partial charge in [0.15, 0.2) is 0 Å². The minimum absolute atomic E-state index is 0.531. The summed E-state index contributed by atoms with van der Waals surface area (Å²) in [5.74, 6) is 2.04. The molecule has 4 nitrogen and oxygen atoms in total. The first-order valence-electron chi connectivity index (χ1n) is 6.29. The molecule has 0 bridgehead atoms. The predicted molar refractivity (Wildman–Crippen MR) is 80.3 cm³/mol. The number of aliphatic hydroxyl groups is 1. The molecule has 1 N–H and O–H groups in total. The molecule has 0 fully saturated rings. The van der Waals surface area contributed by atoms with Crippen LogP contribution in [0, 0.1) is 0 Å². The summed E-state index contributed by atoms with van der Waals surface area (Å²) >= 11 is 3.43. The quantitative estimate of drug-likeness (QED) is 0.892. The van der Waals surface area contributed by atoms with Crippen LogP contribution in [-0.4, -0.2) is 17.2 Å². The third kappa shape index (κ3) is 3.49. The summed E-state index contributed by atoms with van der Waals surface area (Å²) in [5.41, 5.74) is 0.647. The maximum absolute atomic E-state index is 9.69. The van der Waals surface area contributed by atoms with Crippen molar-refractivity contribution in [2.75, 3.05) is 7.11 Å². The number of halogens is 1. The van der Waals surface area contributed by atoms with Gasteiger partial charge < -0.3 is 14.6 Å². The van der Waals surface area contributed by atoms with Crippen LogP contribution in [0.25, 0.3) is 0 Å². The number of hydrogen-bond donors (Lipinski definition) is 1. The van der Waals surface area contributed by atoms with E-state index in [1.165, 1.54) is 0 Å². The molecule has 0 aliphatic rings. The molecular formula is C15H16BrNO3. The highest BCUT2D eigenvalue weighted by Crippen LogP contribution is 2.32. The van der Waals surface area contributed by atoms with Crippen LogP contribution in [0.15, 0.2) is 41.0 Å². The van der Waals surface area contributed by atoms with Crippen molar-refractivity contribution >= 4 is 15.9 Å². The van der Waals surface area contributed by atoms with Crippen LogP contribution in [0.3, 0.4) is 0 Å². The van der Waals surface area contributed by atoms with E-state index in [9.17, 15) is 5.11 Å². The molecular weight excluding hydrogens is 322 g/mol. The monoisotopic (exact) mass is 337 g/mol. The Hall–Kier alpha value is -1.59. The van der Waals surface area contributed by atoms with Gasteiger partial charge in [-0.05, 0) is 52.7 Å². The second-order valence-electron chi connectivity index (χ2n) is 4.24. The van der Waals surface area contributed by atoms with Gasteiger partial charge in [-0.25, -0.2) is 0 Å². The fraction of sp³-hybridized carbons (Fsp3) is 0.267. The molecule has 1 heterocycles. The molecule has 0 spiro atoms. The van der Waals surface area contributed by atoms with Gasteiger partial charge >= 0.3 is 0 Å². The minimum Gasteiger partial charge on any atom is -0.497 e. The Balaban J connectivity index is 2.14. The van der Waals surface area contributed by atoms with Gasteiger partial charge in [0.2, 0.25) is 0 Å². The lowest BCUT2D eigenvalue weighted by atomic mass is 10.2. The van der Waals surface area contributed by atoms with E-state index in [4.69, 9.17) is 9.47 Å². The molecule has 0 saturated carbocycles. The van der Waals surface area contributed by atoms with Crippen molar-refractivity contribution in [3.8, 4) is 17.2 Å². The summed E-state index contributed by atoms with van der Waals surface area (Å²) in [6, 6.07) is 9.03. The first-order chi connectivity index (χ1) is 9.63. The van der Waals surface area contributed by atoms with E-state index < -0.39 is 6.10 Å². The normalized spacial score (nSPS) is 12.0. The molecule has 0 aliphatic heterocycles. The summed E-state index contributed by atoms with van der Waals surface area (Å²) in [6.07, 6.45) is 1.71. The van der Waals surface area contributed by atoms with E-state index in [1.807, 2.05) is 25.1 Å². The molecule has 2 rings (SSSR count). The molecule has 0 saturated heterocycles. The minimum atomic E-state index is -0.531. The van der Waals surface area contributed by atoms with Crippen molar-refractivity contribution in [1.29, 1.82) is 0 Å². The molecule has 106 valence electrons. The molecule has 0 radical (unpaired) electrons. The number of methoxy groups -OCH3 is 1. The third-order valence-corrected chi connectivity index (χ3v) is 3.47. The number of aromatic nitrogens is 1. The van der Waals surface area contributed by atoms with E-state index >= 15 is 0 Å². The van der Waals surface area contributed by atoms with Crippen molar-refractivity contribution in [1.82, 2.24) is 4.98 Å². The van der Waals surface area contributed by atoms with E-state index in [0.717, 1.165) is 10.2 Å². The van der Waals surface area contributed by atoms with Crippen LogP contribution in [0.2, 0.25) is 0 Å². The Kier molecular flexibility index (Phi) is 4.98. The Morgan fingerprint density at radius 1 is 1.25 bits per heavy atom. The number of nitrogens with zero attached hydrogens (tertiary/aromatic N) is 1. The van der Waals surface area contributed by atoms with Crippen LogP contribution in [0.5, 0.6) is 17.2 Å². The lowest BCUT2D eigenvalue weighted by Gasteiger charge is -2.10. The maximum Gasteiger partial charge on any atom is 0.145 e. The third-order valence-electron chi connectivity index (χ3n) is 2.85. The Bertz CT molecular complexity index is 572. The van der Waals surface area contributed by atoms with Gasteiger partial charge in [0, 0.05) is 0 Å². The van der Waals surface area contributed by atoms with Gasteiger partial charge in [-0.15, -0.1) is 0 Å². The number of aliphatic hydroxyl groups excluding tert-OH is 1. The fourth-order valence-electron chi connectivity index (χ4n) is 1.68. The van der Waals surface area contributed by atoms with E-state index in [-0.39, 0.29) is 0 Å². The summed E-state index contributed by atoms with van der Waals surface area (Å²) in [4.78, 5) is 4.19. The van der Waals surface area contributed by atoms with Gasteiger partial charge in [-0.3, -0.25) is 4.98 Å². The van der Waals surface area contributed by atoms with Crippen LogP contribution < -0.4 is 9.47 Å². The lowest BCUT2D eigenvalue weighted by molar-refractivity contribution is 0.169. The van der Waals surface area contributed by atoms with Crippen LogP contribution in [-0.2, 0) is 0 Å². The highest BCUT2D eigenvalue weighted by molar-refractivity contribution is 9.10. The van der Waals surface area contributed by atoms with Crippen LogP contribution >= 0.6 is 15.9 Å². The number of benzene rings is 1. The second-order valence-corrected chi connectivity index (χ2v) is 5.10. The number of pyridine rings is 1. The number of hydrogen-bond acceptors (Lipinski definition) is 4. The second kappa shape index (κ2) is 6.72. The van der Waals surface area contributed by atoms with Gasteiger partial charge in [0.1, 0.15) is 17.2 Å². The molecule has 1 atom stereocenters. The average Bonchev–Trinajstić information content (AvgIpc) is 2.49. The first-order valence-corrected chi connectivity index (χ1v) is 7.08. The standard InChI is InChI=1S/C15H16BrNO3/c1-3-14(18)13-6-4-11(9-17-13)20-15-7-5-10(19-2)8-12(15)16/h4-9,14,18H,3H2,1-2H3/t14-/m0/s1. The van der Waals surface area contributed by atoms with E-state index in [0.29, 0.717) is 23.6 Å². The Labute approximate surface area is 126 Å². The van der Waals surface area contributed by atoms with Crippen molar-refractivity contribution in [3.05, 3.63) is 46.7 Å². The Morgan fingerprint density at radius 3 is 2.55 bits per heavy atom. The van der Waals surface area contributed by atoms with Crippen molar-refractivity contribution in [3.63, 3.8) is 0 Å². The summed E-state index contributed by atoms with van der Waals surface area (Å²) in [6.45, 7) is 1.91. The van der Waals surface area contributed by atoms with E-state index in [1.54, 1.807) is 25.4 Å². The molecule has 1 aromatic carbocycles. The highest BCUT2D eigenvalue weighted by Gasteiger charge is 2.08. The van der Waals surface area contributed by atoms with Crippen LogP contribution in [0.4, 0.5) is 0 Å². The Morgan fingerprint density at radius 2 is 2.00 bits per heavy atom. The number of rotatable bonds is 5. The largest absolute Gasteiger partial charge is 0.497 e. The zero-order valence-corrected chi connectivity index (χ0v) is 12.9. The fourth-order valence-corrected chi connectivity index (χ4v) is 2.12. The molecule has 20 heavy (non-hydrogen) atoms.